The lowest BCUT2D eigenvalue weighted by Crippen LogP contribution is -2.16. The van der Waals surface area contributed by atoms with Gasteiger partial charge in [-0.3, -0.25) is 4.79 Å². The maximum atomic E-state index is 11.7. The van der Waals surface area contributed by atoms with E-state index in [1.807, 2.05) is 0 Å². The molecule has 0 aromatic heterocycles. The maximum Gasteiger partial charge on any atom is 0.338 e. The van der Waals surface area contributed by atoms with Crippen LogP contribution < -0.4 is 5.73 Å². The second kappa shape index (κ2) is 7.28. The molecule has 2 N–H and O–H groups in total. The first-order valence-electron chi connectivity index (χ1n) is 6.24. The molecule has 0 aliphatic carbocycles. The van der Waals surface area contributed by atoms with Crippen molar-refractivity contribution in [3.8, 4) is 0 Å². The van der Waals surface area contributed by atoms with Crippen molar-refractivity contribution in [1.82, 2.24) is 0 Å². The molecule has 0 unspecified atom stereocenters. The molecule has 0 radical (unpaired) electrons. The van der Waals surface area contributed by atoms with E-state index >= 15 is 0 Å². The number of rotatable bonds is 6. The first-order chi connectivity index (χ1) is 9.47. The Balaban J connectivity index is 3.16. The summed E-state index contributed by atoms with van der Waals surface area (Å²) in [6, 6.07) is 4.33. The van der Waals surface area contributed by atoms with E-state index in [2.05, 4.69) is 0 Å². The monoisotopic (exact) mass is 279 g/mol. The molecule has 0 saturated carbocycles. The van der Waals surface area contributed by atoms with E-state index in [-0.39, 0.29) is 30.8 Å². The minimum Gasteiger partial charge on any atom is -0.462 e. The van der Waals surface area contributed by atoms with Gasteiger partial charge in [0, 0.05) is 0 Å². The van der Waals surface area contributed by atoms with Crippen molar-refractivity contribution in [3.63, 3.8) is 0 Å². The topological polar surface area (TPSA) is 95.7 Å². The van der Waals surface area contributed by atoms with Crippen LogP contribution in [0.2, 0.25) is 0 Å². The fourth-order valence-electron chi connectivity index (χ4n) is 1.66. The van der Waals surface area contributed by atoms with Crippen molar-refractivity contribution >= 4 is 17.8 Å². The van der Waals surface area contributed by atoms with Crippen molar-refractivity contribution in [2.24, 2.45) is 5.73 Å². The first-order valence-corrected chi connectivity index (χ1v) is 6.24. The Morgan fingerprint density at radius 2 is 1.40 bits per heavy atom. The molecular formula is C14H17NO5. The van der Waals surface area contributed by atoms with E-state index in [0.29, 0.717) is 5.56 Å². The molecule has 1 amide bonds. The van der Waals surface area contributed by atoms with Crippen LogP contribution >= 0.6 is 0 Å². The van der Waals surface area contributed by atoms with Gasteiger partial charge in [-0.2, -0.15) is 0 Å². The summed E-state index contributed by atoms with van der Waals surface area (Å²) >= 11 is 0. The molecule has 0 atom stereocenters. The van der Waals surface area contributed by atoms with Crippen LogP contribution in [-0.2, 0) is 20.7 Å². The summed E-state index contributed by atoms with van der Waals surface area (Å²) in [7, 11) is 0. The van der Waals surface area contributed by atoms with Gasteiger partial charge in [0.1, 0.15) is 0 Å². The lowest BCUT2D eigenvalue weighted by Gasteiger charge is -2.08. The van der Waals surface area contributed by atoms with Gasteiger partial charge in [-0.05, 0) is 37.6 Å². The maximum absolute atomic E-state index is 11.7. The van der Waals surface area contributed by atoms with E-state index < -0.39 is 17.8 Å². The highest BCUT2D eigenvalue weighted by atomic mass is 16.5. The predicted molar refractivity (Wildman–Crippen MR) is 71.3 cm³/mol. The third-order valence-corrected chi connectivity index (χ3v) is 2.39. The van der Waals surface area contributed by atoms with Crippen LogP contribution in [0.25, 0.3) is 0 Å². The lowest BCUT2D eigenvalue weighted by molar-refractivity contribution is -0.117. The summed E-state index contributed by atoms with van der Waals surface area (Å²) in [5, 5.41) is 0. The summed E-state index contributed by atoms with van der Waals surface area (Å²) in [5.41, 5.74) is 5.96. The van der Waals surface area contributed by atoms with Crippen molar-refractivity contribution in [2.45, 2.75) is 20.3 Å². The Morgan fingerprint density at radius 1 is 0.950 bits per heavy atom. The van der Waals surface area contributed by atoms with Crippen molar-refractivity contribution in [3.05, 3.63) is 34.9 Å². The summed E-state index contributed by atoms with van der Waals surface area (Å²) in [4.78, 5) is 34.4. The normalized spacial score (nSPS) is 9.90. The zero-order chi connectivity index (χ0) is 15.1. The number of hydrogen-bond donors (Lipinski definition) is 1. The number of primary amides is 1. The van der Waals surface area contributed by atoms with Crippen LogP contribution in [0.3, 0.4) is 0 Å². The van der Waals surface area contributed by atoms with Crippen molar-refractivity contribution in [2.75, 3.05) is 13.2 Å². The zero-order valence-corrected chi connectivity index (χ0v) is 11.5. The number of hydrogen-bond acceptors (Lipinski definition) is 5. The van der Waals surface area contributed by atoms with Gasteiger partial charge in [0.15, 0.2) is 0 Å². The van der Waals surface area contributed by atoms with Gasteiger partial charge < -0.3 is 15.2 Å². The Hall–Kier alpha value is -2.37. The predicted octanol–water partition coefficient (Wildman–Crippen LogP) is 1.07. The Bertz CT molecular complexity index is 488. The standard InChI is InChI=1S/C14H17NO5/c1-3-19-13(17)10-5-9(7-12(15)16)6-11(8-10)14(18)20-4-2/h5-6,8H,3-4,7H2,1-2H3,(H2,15,16). The number of carbonyl (C=O) groups excluding carboxylic acids is 3. The van der Waals surface area contributed by atoms with Gasteiger partial charge in [0.25, 0.3) is 0 Å². The molecule has 0 aliphatic rings. The number of esters is 2. The first kappa shape index (κ1) is 15.7. The number of benzene rings is 1. The average molecular weight is 279 g/mol. The highest BCUT2D eigenvalue weighted by Gasteiger charge is 2.15. The quantitative estimate of drug-likeness (QED) is 0.786. The van der Waals surface area contributed by atoms with Gasteiger partial charge in [-0.1, -0.05) is 0 Å². The van der Waals surface area contributed by atoms with E-state index in [4.69, 9.17) is 15.2 Å². The van der Waals surface area contributed by atoms with Crippen LogP contribution in [0.15, 0.2) is 18.2 Å². The largest absolute Gasteiger partial charge is 0.462 e. The third-order valence-electron chi connectivity index (χ3n) is 2.39. The smallest absolute Gasteiger partial charge is 0.338 e. The minimum atomic E-state index is -0.565. The second-order valence-electron chi connectivity index (χ2n) is 4.00. The van der Waals surface area contributed by atoms with E-state index in [0.717, 1.165) is 0 Å². The molecule has 1 rings (SSSR count). The molecule has 6 heteroatoms. The van der Waals surface area contributed by atoms with Crippen LogP contribution in [0, 0.1) is 0 Å². The Kier molecular flexibility index (Phi) is 5.71. The summed E-state index contributed by atoms with van der Waals surface area (Å²) in [6.45, 7) is 3.79. The van der Waals surface area contributed by atoms with Crippen LogP contribution in [0.4, 0.5) is 0 Å². The number of nitrogens with two attached hydrogens (primary N) is 1. The van der Waals surface area contributed by atoms with Gasteiger partial charge in [-0.15, -0.1) is 0 Å². The second-order valence-corrected chi connectivity index (χ2v) is 4.00. The van der Waals surface area contributed by atoms with Gasteiger partial charge in [0.05, 0.1) is 30.8 Å². The van der Waals surface area contributed by atoms with Crippen molar-refractivity contribution in [1.29, 1.82) is 0 Å². The molecule has 6 nitrogen and oxygen atoms in total. The van der Waals surface area contributed by atoms with Gasteiger partial charge in [-0.25, -0.2) is 9.59 Å². The molecular weight excluding hydrogens is 262 g/mol. The van der Waals surface area contributed by atoms with E-state index in [1.54, 1.807) is 13.8 Å². The SMILES string of the molecule is CCOC(=O)c1cc(CC(N)=O)cc(C(=O)OCC)c1. The van der Waals surface area contributed by atoms with E-state index in [9.17, 15) is 14.4 Å². The molecule has 0 saturated heterocycles. The summed E-state index contributed by atoms with van der Waals surface area (Å²) in [6.07, 6.45) is -0.0698. The molecule has 0 aliphatic heterocycles. The van der Waals surface area contributed by atoms with Crippen molar-refractivity contribution < 1.29 is 23.9 Å². The Morgan fingerprint density at radius 3 is 1.75 bits per heavy atom. The molecule has 0 fully saturated rings. The summed E-state index contributed by atoms with van der Waals surface area (Å²) in [5.74, 6) is -1.69. The lowest BCUT2D eigenvalue weighted by atomic mass is 10.0. The van der Waals surface area contributed by atoms with Crippen LogP contribution in [0.5, 0.6) is 0 Å². The van der Waals surface area contributed by atoms with Gasteiger partial charge in [0.2, 0.25) is 5.91 Å². The van der Waals surface area contributed by atoms with Crippen LogP contribution in [-0.4, -0.2) is 31.1 Å². The van der Waals surface area contributed by atoms with Gasteiger partial charge >= 0.3 is 11.9 Å². The number of amides is 1. The highest BCUT2D eigenvalue weighted by molar-refractivity contribution is 5.96. The number of ether oxygens (including phenoxy) is 2. The zero-order valence-electron chi connectivity index (χ0n) is 11.5. The fraction of sp³-hybridized carbons (Fsp3) is 0.357. The third kappa shape index (κ3) is 4.38. The molecule has 108 valence electrons. The minimum absolute atomic E-state index is 0.0698. The highest BCUT2D eigenvalue weighted by Crippen LogP contribution is 2.14. The fourth-order valence-corrected chi connectivity index (χ4v) is 1.66. The molecule has 0 spiro atoms. The molecule has 0 heterocycles. The number of carbonyl (C=O) groups is 3. The molecule has 20 heavy (non-hydrogen) atoms. The Labute approximate surface area is 116 Å². The molecule has 0 bridgehead atoms. The average Bonchev–Trinajstić information content (AvgIpc) is 2.38. The van der Waals surface area contributed by atoms with Crippen LogP contribution in [0.1, 0.15) is 40.1 Å². The molecule has 1 aromatic rings. The van der Waals surface area contributed by atoms with E-state index in [1.165, 1.54) is 18.2 Å². The molecule has 1 aromatic carbocycles. The summed E-state index contributed by atoms with van der Waals surface area (Å²) < 4.78 is 9.75.